The first-order valence-corrected chi connectivity index (χ1v) is 11.1. The maximum Gasteiger partial charge on any atom is 3.00 e. The van der Waals surface area contributed by atoms with E-state index in [0.717, 1.165) is 0 Å². The van der Waals surface area contributed by atoms with Crippen molar-refractivity contribution < 1.29 is 58.5 Å². The molecule has 222 valence electrons. The quantitative estimate of drug-likeness (QED) is 0.0971. The number of hydrogen-bond donors (Lipinski definition) is 6. The van der Waals surface area contributed by atoms with E-state index in [1.54, 1.807) is 0 Å². The summed E-state index contributed by atoms with van der Waals surface area (Å²) >= 11 is 0. The summed E-state index contributed by atoms with van der Waals surface area (Å²) in [6.07, 6.45) is -0.428. The average molecular weight is 589 g/mol. The van der Waals surface area contributed by atoms with Gasteiger partial charge in [0.1, 0.15) is 0 Å². The average Bonchev–Trinajstić information content (AvgIpc) is 2.76. The Bertz CT molecular complexity index is 800. The molecule has 0 aliphatic rings. The summed E-state index contributed by atoms with van der Waals surface area (Å²) in [6.45, 7) is 3.54. The minimum Gasteiger partial charge on any atom is -0.548 e. The predicted molar refractivity (Wildman–Crippen MR) is 129 cm³/mol. The first-order valence-electron chi connectivity index (χ1n) is 11.1. The van der Waals surface area contributed by atoms with Crippen LogP contribution in [0, 0.1) is 0 Å². The van der Waals surface area contributed by atoms with Crippen LogP contribution in [0.2, 0.25) is 0 Å². The van der Waals surface area contributed by atoms with Crippen LogP contribution in [-0.2, 0) is 43.2 Å². The van der Waals surface area contributed by atoms with Crippen molar-refractivity contribution in [2.75, 3.05) is 0 Å². The van der Waals surface area contributed by atoms with Crippen LogP contribution >= 0.6 is 0 Å². The predicted octanol–water partition coefficient (Wildman–Crippen LogP) is -7.86. The van der Waals surface area contributed by atoms with E-state index in [1.807, 2.05) is 0 Å². The summed E-state index contributed by atoms with van der Waals surface area (Å²) in [7, 11) is 0. The van der Waals surface area contributed by atoms with Crippen LogP contribution in [-0.4, -0.2) is 88.8 Å². The molecule has 3 unspecified atom stereocenters. The molecular weight excluding hydrogens is 555 g/mol. The number of aliphatic carboxylic acids is 3. The van der Waals surface area contributed by atoms with Crippen molar-refractivity contribution in [2.45, 2.75) is 77.4 Å². The van der Waals surface area contributed by atoms with Crippen LogP contribution in [0.1, 0.15) is 59.3 Å². The summed E-state index contributed by atoms with van der Waals surface area (Å²) in [4.78, 5) is 93.5. The van der Waals surface area contributed by atoms with Gasteiger partial charge in [-0.2, -0.15) is 0 Å². The third kappa shape index (κ3) is 30.0. The molecule has 3 atom stereocenters. The first-order chi connectivity index (χ1) is 17.8. The molecule has 0 saturated carbocycles. The van der Waals surface area contributed by atoms with Gasteiger partial charge in [0.05, 0.1) is 36.0 Å². The van der Waals surface area contributed by atoms with Crippen molar-refractivity contribution in [3.05, 3.63) is 0 Å². The van der Waals surface area contributed by atoms with Crippen LogP contribution < -0.4 is 48.5 Å². The van der Waals surface area contributed by atoms with Crippen LogP contribution in [0.3, 0.4) is 0 Å². The van der Waals surface area contributed by atoms with E-state index < -0.39 is 71.5 Å². The second-order valence-electron chi connectivity index (χ2n) is 7.73. The summed E-state index contributed by atoms with van der Waals surface area (Å²) in [5.74, 6) is -7.56. The zero-order valence-corrected chi connectivity index (χ0v) is 23.3. The van der Waals surface area contributed by atoms with Gasteiger partial charge in [-0.25, -0.2) is 0 Å². The fourth-order valence-corrected chi connectivity index (χ4v) is 2.34. The molecule has 0 aromatic heterocycles. The van der Waals surface area contributed by atoms with Crippen molar-refractivity contribution >= 4 is 70.7 Å². The standard InChI is InChI=1S/3C7H12N2O4.Al/c3*1-4(10)9-5(7(12)13)2-3-6(8)11;/h3*5H,2-3H2,1H3,(H2,8,11)(H,9,10)(H,12,13);/q;;;+3/p-3. The Hall–Kier alpha value is -4.24. The number of nitrogens with two attached hydrogens (primary N) is 3. The Morgan fingerprint density at radius 1 is 0.500 bits per heavy atom. The second-order valence-corrected chi connectivity index (χ2v) is 7.73. The van der Waals surface area contributed by atoms with E-state index in [4.69, 9.17) is 17.2 Å². The molecule has 0 aliphatic heterocycles. The molecule has 0 saturated heterocycles. The van der Waals surface area contributed by atoms with E-state index in [1.165, 1.54) is 20.8 Å². The van der Waals surface area contributed by atoms with Crippen molar-refractivity contribution in [3.8, 4) is 0 Å². The maximum absolute atomic E-state index is 10.5. The normalized spacial score (nSPS) is 11.5. The molecule has 9 N–H and O–H groups in total. The molecular formula is C21H33AlN6O12. The molecule has 0 fully saturated rings. The van der Waals surface area contributed by atoms with E-state index in [2.05, 4.69) is 16.0 Å². The monoisotopic (exact) mass is 588 g/mol. The van der Waals surface area contributed by atoms with E-state index in [-0.39, 0.29) is 55.9 Å². The molecule has 0 heterocycles. The molecule has 0 spiro atoms. The van der Waals surface area contributed by atoms with Gasteiger partial charge in [0.2, 0.25) is 35.4 Å². The Balaban J connectivity index is -0.000000240. The van der Waals surface area contributed by atoms with Crippen LogP contribution in [0.15, 0.2) is 0 Å². The van der Waals surface area contributed by atoms with Gasteiger partial charge in [-0.05, 0) is 19.3 Å². The van der Waals surface area contributed by atoms with Gasteiger partial charge in [0, 0.05) is 40.0 Å². The number of carbonyl (C=O) groups excluding carboxylic acids is 9. The topological polar surface area (TPSA) is 337 Å². The van der Waals surface area contributed by atoms with Crippen molar-refractivity contribution in [3.63, 3.8) is 0 Å². The molecule has 6 amide bonds. The zero-order valence-electron chi connectivity index (χ0n) is 22.2. The van der Waals surface area contributed by atoms with Gasteiger partial charge < -0.3 is 62.9 Å². The minimum absolute atomic E-state index is 0. The Kier molecular flexibility index (Phi) is 25.5. The van der Waals surface area contributed by atoms with E-state index >= 15 is 0 Å². The fraction of sp³-hybridized carbons (Fsp3) is 0.571. The molecule has 19 heteroatoms. The number of amides is 6. The van der Waals surface area contributed by atoms with Gasteiger partial charge in [-0.3, -0.25) is 28.8 Å². The first kappa shape index (κ1) is 42.8. The number of hydrogen-bond acceptors (Lipinski definition) is 12. The number of primary amides is 3. The molecule has 0 bridgehead atoms. The second kappa shape index (κ2) is 23.8. The van der Waals surface area contributed by atoms with Crippen molar-refractivity contribution in [2.24, 2.45) is 17.2 Å². The van der Waals surface area contributed by atoms with Crippen molar-refractivity contribution in [1.29, 1.82) is 0 Å². The number of carboxylic acids is 3. The number of carboxylic acid groups (broad SMARTS) is 3. The number of carbonyl (C=O) groups is 9. The fourth-order valence-electron chi connectivity index (χ4n) is 2.34. The Morgan fingerprint density at radius 2 is 0.675 bits per heavy atom. The van der Waals surface area contributed by atoms with Gasteiger partial charge in [-0.1, -0.05) is 0 Å². The molecule has 40 heavy (non-hydrogen) atoms. The van der Waals surface area contributed by atoms with Crippen molar-refractivity contribution in [1.82, 2.24) is 16.0 Å². The zero-order chi connectivity index (χ0) is 31.3. The maximum atomic E-state index is 10.5. The third-order valence-electron chi connectivity index (χ3n) is 4.02. The van der Waals surface area contributed by atoms with Crippen LogP contribution in [0.5, 0.6) is 0 Å². The van der Waals surface area contributed by atoms with Gasteiger partial charge in [0.25, 0.3) is 0 Å². The minimum atomic E-state index is -1.42. The van der Waals surface area contributed by atoms with E-state index in [0.29, 0.717) is 0 Å². The largest absolute Gasteiger partial charge is 3.00 e. The summed E-state index contributed by atoms with van der Waals surface area (Å²) in [6, 6.07) is -3.44. The molecule has 0 aromatic carbocycles. The van der Waals surface area contributed by atoms with Gasteiger partial charge >= 0.3 is 17.4 Å². The summed E-state index contributed by atoms with van der Waals surface area (Å²) < 4.78 is 0. The molecule has 0 radical (unpaired) electrons. The van der Waals surface area contributed by atoms with E-state index in [9.17, 15) is 58.5 Å². The Morgan fingerprint density at radius 3 is 0.775 bits per heavy atom. The number of nitrogens with one attached hydrogen (secondary N) is 3. The Labute approximate surface area is 239 Å². The van der Waals surface area contributed by atoms with Gasteiger partial charge in [0.15, 0.2) is 0 Å². The molecule has 0 aliphatic carbocycles. The summed E-state index contributed by atoms with van der Waals surface area (Å²) in [5.41, 5.74) is 14.4. The SMILES string of the molecule is CC(=O)NC(CCC(N)=O)C(=O)[O-].CC(=O)NC(CCC(N)=O)C(=O)[O-].CC(=O)NC(CCC(N)=O)C(=O)[O-].[Al+3]. The summed E-state index contributed by atoms with van der Waals surface area (Å²) in [5, 5.41) is 37.5. The van der Waals surface area contributed by atoms with Gasteiger partial charge in [-0.15, -0.1) is 0 Å². The smallest absolute Gasteiger partial charge is 0.548 e. The third-order valence-corrected chi connectivity index (χ3v) is 4.02. The number of rotatable bonds is 15. The molecule has 0 aromatic rings. The molecule has 18 nitrogen and oxygen atoms in total. The van der Waals surface area contributed by atoms with Crippen LogP contribution in [0.4, 0.5) is 0 Å². The van der Waals surface area contributed by atoms with Crippen LogP contribution in [0.25, 0.3) is 0 Å². The molecule has 0 rings (SSSR count).